The summed E-state index contributed by atoms with van der Waals surface area (Å²) in [5, 5.41) is 2.81. The predicted octanol–water partition coefficient (Wildman–Crippen LogP) is 3.49. The number of nitrogens with zero attached hydrogens (tertiary/aromatic N) is 4. The Labute approximate surface area is 238 Å². The Bertz CT molecular complexity index is 1350. The van der Waals surface area contributed by atoms with E-state index in [9.17, 15) is 4.57 Å². The molecule has 3 unspecified atom stereocenters. The SMILES string of the molecule is C=O.COc1nc(N)nc2c1ncn2C1OC(COP(=O)(NCOCC(C)(C)C)Oc2ccccc2)C[C@]12CCO2. The molecule has 2 aliphatic heterocycles. The number of methoxy groups -OCH3 is 1. The van der Waals surface area contributed by atoms with Gasteiger partial charge in [-0.05, 0) is 17.5 Å². The molecule has 1 spiro atoms. The summed E-state index contributed by atoms with van der Waals surface area (Å²) >= 11 is 0. The van der Waals surface area contributed by atoms with E-state index in [0.717, 1.165) is 6.42 Å². The molecule has 0 aliphatic carbocycles. The Kier molecular flexibility index (Phi) is 9.62. The van der Waals surface area contributed by atoms with Crippen LogP contribution in [0.1, 0.15) is 39.8 Å². The summed E-state index contributed by atoms with van der Waals surface area (Å²) in [6, 6.07) is 8.84. The topological polar surface area (TPSA) is 171 Å². The van der Waals surface area contributed by atoms with Crippen molar-refractivity contribution in [3.8, 4) is 11.6 Å². The summed E-state index contributed by atoms with van der Waals surface area (Å²) in [7, 11) is -2.32. The number of nitrogens with two attached hydrogens (primary N) is 1. The van der Waals surface area contributed by atoms with Gasteiger partial charge < -0.3 is 34.0 Å². The minimum absolute atomic E-state index is 0.00738. The summed E-state index contributed by atoms with van der Waals surface area (Å²) in [5.41, 5.74) is 6.18. The van der Waals surface area contributed by atoms with Gasteiger partial charge in [0, 0.05) is 12.8 Å². The highest BCUT2D eigenvalue weighted by Crippen LogP contribution is 2.51. The summed E-state index contributed by atoms with van der Waals surface area (Å²) < 4.78 is 50.6. The fourth-order valence-electron chi connectivity index (χ4n) is 4.59. The number of anilines is 1. The fraction of sp³-hybridized carbons (Fsp3) is 0.538. The first-order valence-corrected chi connectivity index (χ1v) is 14.6. The molecule has 0 bridgehead atoms. The zero-order chi connectivity index (χ0) is 29.7. The van der Waals surface area contributed by atoms with Gasteiger partial charge in [-0.15, -0.1) is 0 Å². The van der Waals surface area contributed by atoms with Crippen molar-refractivity contribution < 1.29 is 37.4 Å². The predicted molar refractivity (Wildman–Crippen MR) is 149 cm³/mol. The van der Waals surface area contributed by atoms with Crippen molar-refractivity contribution in [1.82, 2.24) is 24.6 Å². The minimum atomic E-state index is -3.81. The van der Waals surface area contributed by atoms with Crippen molar-refractivity contribution in [3.05, 3.63) is 36.7 Å². The van der Waals surface area contributed by atoms with Gasteiger partial charge in [0.25, 0.3) is 0 Å². The van der Waals surface area contributed by atoms with Gasteiger partial charge in [0.05, 0.1) is 39.4 Å². The number of hydrogen-bond donors (Lipinski definition) is 2. The third-order valence-corrected chi connectivity index (χ3v) is 7.86. The number of fused-ring (bicyclic) bond motifs is 1. The molecular formula is C26H37N6O8P. The van der Waals surface area contributed by atoms with Crippen molar-refractivity contribution in [2.75, 3.05) is 39.4 Å². The van der Waals surface area contributed by atoms with E-state index < -0.39 is 25.7 Å². The summed E-state index contributed by atoms with van der Waals surface area (Å²) in [6.45, 7) is 9.21. The lowest BCUT2D eigenvalue weighted by Gasteiger charge is -2.42. The molecule has 0 radical (unpaired) electrons. The van der Waals surface area contributed by atoms with Crippen molar-refractivity contribution in [2.45, 2.75) is 51.5 Å². The minimum Gasteiger partial charge on any atom is -0.479 e. The van der Waals surface area contributed by atoms with E-state index >= 15 is 0 Å². The molecule has 2 aliphatic rings. The summed E-state index contributed by atoms with van der Waals surface area (Å²) in [6.07, 6.45) is 1.89. The normalized spacial score (nSPS) is 23.4. The molecule has 4 heterocycles. The zero-order valence-electron chi connectivity index (χ0n) is 23.6. The largest absolute Gasteiger partial charge is 0.479 e. The quantitative estimate of drug-likeness (QED) is 0.188. The fourth-order valence-corrected chi connectivity index (χ4v) is 5.81. The average Bonchev–Trinajstić information content (AvgIpc) is 3.52. The second kappa shape index (κ2) is 12.8. The number of carbonyl (C=O) groups excluding carboxylic acids is 1. The van der Waals surface area contributed by atoms with Crippen molar-refractivity contribution in [3.63, 3.8) is 0 Å². The first kappa shape index (κ1) is 30.8. The van der Waals surface area contributed by atoms with Crippen LogP contribution in [0.15, 0.2) is 36.7 Å². The van der Waals surface area contributed by atoms with E-state index in [0.29, 0.717) is 36.5 Å². The molecule has 3 aromatic rings. The van der Waals surface area contributed by atoms with E-state index in [1.165, 1.54) is 7.11 Å². The van der Waals surface area contributed by atoms with Gasteiger partial charge in [-0.25, -0.2) is 9.55 Å². The Morgan fingerprint density at radius 3 is 2.61 bits per heavy atom. The number of rotatable bonds is 11. The number of ether oxygens (including phenoxy) is 4. The highest BCUT2D eigenvalue weighted by molar-refractivity contribution is 7.52. The average molecular weight is 593 g/mol. The lowest BCUT2D eigenvalue weighted by molar-refractivity contribution is -0.199. The maximum atomic E-state index is 13.7. The number of aromatic nitrogens is 4. The van der Waals surface area contributed by atoms with Gasteiger partial charge in [0.1, 0.15) is 24.9 Å². The molecule has 2 aromatic heterocycles. The molecule has 41 heavy (non-hydrogen) atoms. The molecule has 5 rings (SSSR count). The standard InChI is InChI=1S/C25H35N6O7P.CH2O/c1-24(2,3)14-34-16-28-39(32,38-17-8-6-5-7-9-17)36-13-18-12-25(10-11-35-25)22(37-18)31-15-27-19-20(31)29-23(26)30-21(19)33-4;1-2/h5-9,15,18,22H,10-14,16H2,1-4H3,(H,28,32)(H2,26,29,30);1H2/t18?,22?,25-,39?;/m1./s1. The first-order chi connectivity index (χ1) is 19.6. The highest BCUT2D eigenvalue weighted by Gasteiger charge is 2.55. The molecule has 0 amide bonds. The van der Waals surface area contributed by atoms with Crippen LogP contribution in [-0.4, -0.2) is 71.7 Å². The van der Waals surface area contributed by atoms with Crippen LogP contribution < -0.4 is 20.1 Å². The van der Waals surface area contributed by atoms with Crippen molar-refractivity contribution >= 4 is 31.6 Å². The number of para-hydroxylation sites is 1. The molecule has 0 saturated carbocycles. The van der Waals surface area contributed by atoms with Crippen molar-refractivity contribution in [2.24, 2.45) is 5.41 Å². The van der Waals surface area contributed by atoms with Gasteiger partial charge in [0.2, 0.25) is 11.8 Å². The molecule has 4 atom stereocenters. The van der Waals surface area contributed by atoms with Crippen LogP contribution in [0, 0.1) is 5.41 Å². The van der Waals surface area contributed by atoms with Gasteiger partial charge >= 0.3 is 7.75 Å². The number of carbonyl (C=O) groups is 1. The van der Waals surface area contributed by atoms with Crippen LogP contribution in [-0.2, 0) is 28.1 Å². The zero-order valence-corrected chi connectivity index (χ0v) is 24.5. The molecule has 2 fully saturated rings. The summed E-state index contributed by atoms with van der Waals surface area (Å²) in [4.78, 5) is 20.9. The van der Waals surface area contributed by atoms with E-state index in [2.05, 4.69) is 40.8 Å². The number of imidazole rings is 1. The van der Waals surface area contributed by atoms with Crippen molar-refractivity contribution in [1.29, 1.82) is 0 Å². The Hall–Kier alpha value is -3.13. The monoisotopic (exact) mass is 592 g/mol. The molecular weight excluding hydrogens is 555 g/mol. The van der Waals surface area contributed by atoms with Gasteiger partial charge in [-0.3, -0.25) is 9.09 Å². The third kappa shape index (κ3) is 7.21. The smallest absolute Gasteiger partial charge is 0.460 e. The van der Waals surface area contributed by atoms with E-state index in [-0.39, 0.29) is 30.6 Å². The molecule has 3 N–H and O–H groups in total. The number of benzene rings is 1. The first-order valence-electron chi connectivity index (χ1n) is 13.0. The maximum Gasteiger partial charge on any atom is 0.460 e. The Morgan fingerprint density at radius 2 is 1.98 bits per heavy atom. The van der Waals surface area contributed by atoms with Crippen LogP contribution in [0.5, 0.6) is 11.6 Å². The highest BCUT2D eigenvalue weighted by atomic mass is 31.2. The number of hydrogen-bond acceptors (Lipinski definition) is 12. The second-order valence-electron chi connectivity index (χ2n) is 10.8. The lowest BCUT2D eigenvalue weighted by Crippen LogP contribution is -2.48. The van der Waals surface area contributed by atoms with Crippen LogP contribution in [0.2, 0.25) is 0 Å². The number of nitrogens with one attached hydrogen (secondary N) is 1. The Morgan fingerprint density at radius 1 is 1.24 bits per heavy atom. The van der Waals surface area contributed by atoms with Crippen LogP contribution >= 0.6 is 7.75 Å². The van der Waals surface area contributed by atoms with Crippen LogP contribution in [0.4, 0.5) is 5.95 Å². The molecule has 14 nitrogen and oxygen atoms in total. The Balaban J connectivity index is 0.00000189. The van der Waals surface area contributed by atoms with Crippen LogP contribution in [0.3, 0.4) is 0 Å². The van der Waals surface area contributed by atoms with Crippen LogP contribution in [0.25, 0.3) is 11.2 Å². The second-order valence-corrected chi connectivity index (χ2v) is 12.6. The number of nitrogen functional groups attached to an aromatic ring is 1. The van der Waals surface area contributed by atoms with Gasteiger partial charge in [-0.1, -0.05) is 39.0 Å². The molecule has 2 saturated heterocycles. The molecule has 15 heteroatoms. The van der Waals surface area contributed by atoms with E-state index in [4.69, 9.17) is 38.5 Å². The van der Waals surface area contributed by atoms with Gasteiger partial charge in [0.15, 0.2) is 17.4 Å². The van der Waals surface area contributed by atoms with Gasteiger partial charge in [-0.2, -0.15) is 15.1 Å². The maximum absolute atomic E-state index is 13.7. The molecule has 224 valence electrons. The van der Waals surface area contributed by atoms with E-state index in [1.807, 2.05) is 12.9 Å². The lowest BCUT2D eigenvalue weighted by atomic mass is 9.89. The summed E-state index contributed by atoms with van der Waals surface area (Å²) in [5.74, 6) is 0.738. The molecule has 1 aromatic carbocycles. The third-order valence-electron chi connectivity index (χ3n) is 6.41. The van der Waals surface area contributed by atoms with E-state index in [1.54, 1.807) is 35.2 Å².